The lowest BCUT2D eigenvalue weighted by Gasteiger charge is -2.35. The zero-order valence-corrected chi connectivity index (χ0v) is 13.2. The Morgan fingerprint density at radius 3 is 2.86 bits per heavy atom. The van der Waals surface area contributed by atoms with Crippen LogP contribution in [0.3, 0.4) is 0 Å². The van der Waals surface area contributed by atoms with E-state index in [1.165, 1.54) is 6.20 Å². The number of pyridine rings is 1. The van der Waals surface area contributed by atoms with Crippen LogP contribution in [0.1, 0.15) is 43.0 Å². The maximum Gasteiger partial charge on any atom is 0.255 e. The molecular weight excluding hydrogens is 290 g/mol. The zero-order chi connectivity index (χ0) is 15.4. The summed E-state index contributed by atoms with van der Waals surface area (Å²) in [6.45, 7) is 2.67. The Morgan fingerprint density at radius 1 is 1.52 bits per heavy atom. The number of hydrogen-bond acceptors (Lipinski definition) is 4. The molecule has 1 amide bonds. The number of amides is 1. The minimum atomic E-state index is -0.447. The van der Waals surface area contributed by atoms with Crippen molar-refractivity contribution in [2.24, 2.45) is 0 Å². The van der Waals surface area contributed by atoms with Crippen LogP contribution in [0.25, 0.3) is 0 Å². The molecule has 1 fully saturated rings. The van der Waals surface area contributed by atoms with Crippen molar-refractivity contribution in [3.63, 3.8) is 0 Å². The maximum absolute atomic E-state index is 12.5. The summed E-state index contributed by atoms with van der Waals surface area (Å²) in [5, 5.41) is 13.5. The summed E-state index contributed by atoms with van der Waals surface area (Å²) in [7, 11) is 1.73. The zero-order valence-electron chi connectivity index (χ0n) is 12.5. The van der Waals surface area contributed by atoms with E-state index in [1.807, 2.05) is 6.92 Å². The van der Waals surface area contributed by atoms with Gasteiger partial charge in [0.25, 0.3) is 5.91 Å². The molecule has 2 atom stereocenters. The van der Waals surface area contributed by atoms with Gasteiger partial charge in [0, 0.05) is 19.8 Å². The molecule has 2 unspecified atom stereocenters. The van der Waals surface area contributed by atoms with Crippen molar-refractivity contribution in [3.8, 4) is 0 Å². The molecule has 1 saturated carbocycles. The van der Waals surface area contributed by atoms with E-state index in [0.717, 1.165) is 25.7 Å². The average Bonchev–Trinajstić information content (AvgIpc) is 2.48. The summed E-state index contributed by atoms with van der Waals surface area (Å²) < 4.78 is 0. The number of hydrogen-bond donors (Lipinski definition) is 2. The Labute approximate surface area is 130 Å². The van der Waals surface area contributed by atoms with Crippen LogP contribution < -0.4 is 5.32 Å². The molecule has 0 spiro atoms. The summed E-state index contributed by atoms with van der Waals surface area (Å²) in [4.78, 5) is 18.3. The molecule has 1 aromatic rings. The minimum absolute atomic E-state index is 0.126. The molecule has 0 aliphatic heterocycles. The van der Waals surface area contributed by atoms with Crippen LogP contribution in [-0.2, 0) is 0 Å². The monoisotopic (exact) mass is 311 g/mol. The van der Waals surface area contributed by atoms with Gasteiger partial charge in [-0.15, -0.1) is 0 Å². The summed E-state index contributed by atoms with van der Waals surface area (Å²) in [5.74, 6) is 0.425. The summed E-state index contributed by atoms with van der Waals surface area (Å²) in [5.41, 5.74) is 0.446. The van der Waals surface area contributed by atoms with Crippen LogP contribution >= 0.6 is 11.6 Å². The van der Waals surface area contributed by atoms with Gasteiger partial charge in [-0.3, -0.25) is 4.79 Å². The third-order valence-corrected chi connectivity index (χ3v) is 4.23. The Kier molecular flexibility index (Phi) is 5.42. The van der Waals surface area contributed by atoms with Crippen molar-refractivity contribution in [1.29, 1.82) is 0 Å². The van der Waals surface area contributed by atoms with Crippen LogP contribution in [0.2, 0.25) is 5.02 Å². The van der Waals surface area contributed by atoms with Crippen LogP contribution in [-0.4, -0.2) is 46.6 Å². The second-order valence-corrected chi connectivity index (χ2v) is 5.83. The van der Waals surface area contributed by atoms with E-state index in [-0.39, 0.29) is 11.9 Å². The standard InChI is InChI=1S/C15H22ClN3O2/c1-3-17-14-11(16)8-10(9-18-14)15(21)19(2)12-6-4-5-7-13(12)20/h8-9,12-13,20H,3-7H2,1-2H3,(H,17,18). The topological polar surface area (TPSA) is 65.5 Å². The van der Waals surface area contributed by atoms with Gasteiger partial charge in [0.15, 0.2) is 0 Å². The summed E-state index contributed by atoms with van der Waals surface area (Å²) in [6, 6.07) is 1.50. The fourth-order valence-electron chi connectivity index (χ4n) is 2.75. The predicted octanol–water partition coefficient (Wildman–Crippen LogP) is 2.54. The number of carbonyl (C=O) groups is 1. The van der Waals surface area contributed by atoms with E-state index in [0.29, 0.717) is 22.9 Å². The molecule has 2 rings (SSSR count). The molecule has 1 aromatic heterocycles. The predicted molar refractivity (Wildman–Crippen MR) is 83.8 cm³/mol. The van der Waals surface area contributed by atoms with E-state index in [2.05, 4.69) is 10.3 Å². The Morgan fingerprint density at radius 2 is 2.24 bits per heavy atom. The van der Waals surface area contributed by atoms with Crippen molar-refractivity contribution in [3.05, 3.63) is 22.8 Å². The number of nitrogens with zero attached hydrogens (tertiary/aromatic N) is 2. The first kappa shape index (κ1) is 16.0. The lowest BCUT2D eigenvalue weighted by molar-refractivity contribution is 0.0268. The van der Waals surface area contributed by atoms with Crippen LogP contribution in [0.4, 0.5) is 5.82 Å². The fourth-order valence-corrected chi connectivity index (χ4v) is 2.98. The van der Waals surface area contributed by atoms with Gasteiger partial charge in [0.2, 0.25) is 0 Å². The highest BCUT2D eigenvalue weighted by Gasteiger charge is 2.30. The Hall–Kier alpha value is -1.33. The number of aliphatic hydroxyl groups is 1. The van der Waals surface area contributed by atoms with Gasteiger partial charge in [-0.2, -0.15) is 0 Å². The van der Waals surface area contributed by atoms with E-state index < -0.39 is 6.10 Å². The SMILES string of the molecule is CCNc1ncc(C(=O)N(C)C2CCCCC2O)cc1Cl. The van der Waals surface area contributed by atoms with E-state index in [9.17, 15) is 9.90 Å². The molecule has 1 heterocycles. The number of aliphatic hydroxyl groups excluding tert-OH is 1. The normalized spacial score (nSPS) is 21.9. The lowest BCUT2D eigenvalue weighted by Crippen LogP contribution is -2.46. The van der Waals surface area contributed by atoms with Gasteiger partial charge < -0.3 is 15.3 Å². The Balaban J connectivity index is 2.13. The molecule has 6 heteroatoms. The van der Waals surface area contributed by atoms with Crippen LogP contribution in [0, 0.1) is 0 Å². The third-order valence-electron chi connectivity index (χ3n) is 3.94. The molecule has 2 N–H and O–H groups in total. The minimum Gasteiger partial charge on any atom is -0.391 e. The lowest BCUT2D eigenvalue weighted by atomic mass is 9.91. The number of carbonyl (C=O) groups excluding carboxylic acids is 1. The third kappa shape index (κ3) is 3.66. The number of rotatable bonds is 4. The van der Waals surface area contributed by atoms with E-state index >= 15 is 0 Å². The maximum atomic E-state index is 12.5. The Bertz CT molecular complexity index is 510. The van der Waals surface area contributed by atoms with Gasteiger partial charge in [-0.05, 0) is 25.8 Å². The van der Waals surface area contributed by atoms with Gasteiger partial charge in [-0.25, -0.2) is 4.98 Å². The second kappa shape index (κ2) is 7.09. The number of halogens is 1. The smallest absolute Gasteiger partial charge is 0.255 e. The first-order valence-electron chi connectivity index (χ1n) is 7.39. The molecule has 1 aliphatic carbocycles. The number of likely N-dealkylation sites (N-methyl/N-ethyl adjacent to an activating group) is 1. The van der Waals surface area contributed by atoms with E-state index in [4.69, 9.17) is 11.6 Å². The van der Waals surface area contributed by atoms with Gasteiger partial charge in [-0.1, -0.05) is 24.4 Å². The number of anilines is 1. The van der Waals surface area contributed by atoms with Gasteiger partial charge >= 0.3 is 0 Å². The quantitative estimate of drug-likeness (QED) is 0.897. The highest BCUT2D eigenvalue weighted by molar-refractivity contribution is 6.33. The highest BCUT2D eigenvalue weighted by Crippen LogP contribution is 2.25. The molecule has 116 valence electrons. The first-order valence-corrected chi connectivity index (χ1v) is 7.77. The first-order chi connectivity index (χ1) is 10.0. The summed E-state index contributed by atoms with van der Waals surface area (Å²) in [6.07, 6.45) is 4.72. The van der Waals surface area contributed by atoms with Gasteiger partial charge in [0.1, 0.15) is 5.82 Å². The average molecular weight is 312 g/mol. The molecule has 0 saturated heterocycles. The molecule has 1 aliphatic rings. The number of aromatic nitrogens is 1. The van der Waals surface area contributed by atoms with Gasteiger partial charge in [0.05, 0.1) is 22.7 Å². The molecule has 21 heavy (non-hydrogen) atoms. The largest absolute Gasteiger partial charge is 0.391 e. The summed E-state index contributed by atoms with van der Waals surface area (Å²) >= 11 is 6.13. The van der Waals surface area contributed by atoms with Crippen molar-refractivity contribution in [1.82, 2.24) is 9.88 Å². The van der Waals surface area contributed by atoms with Crippen molar-refractivity contribution >= 4 is 23.3 Å². The highest BCUT2D eigenvalue weighted by atomic mass is 35.5. The van der Waals surface area contributed by atoms with E-state index in [1.54, 1.807) is 18.0 Å². The van der Waals surface area contributed by atoms with Crippen LogP contribution in [0.15, 0.2) is 12.3 Å². The van der Waals surface area contributed by atoms with Crippen LogP contribution in [0.5, 0.6) is 0 Å². The molecule has 0 radical (unpaired) electrons. The molecule has 0 aromatic carbocycles. The van der Waals surface area contributed by atoms with Crippen molar-refractivity contribution in [2.45, 2.75) is 44.8 Å². The van der Waals surface area contributed by atoms with Crippen molar-refractivity contribution in [2.75, 3.05) is 18.9 Å². The number of nitrogens with one attached hydrogen (secondary N) is 1. The molecular formula is C15H22ClN3O2. The molecule has 5 nitrogen and oxygen atoms in total. The second-order valence-electron chi connectivity index (χ2n) is 5.42. The van der Waals surface area contributed by atoms with Crippen molar-refractivity contribution < 1.29 is 9.90 Å². The fraction of sp³-hybridized carbons (Fsp3) is 0.600. The molecule has 0 bridgehead atoms.